The Balaban J connectivity index is 1.82. The van der Waals surface area contributed by atoms with Crippen molar-refractivity contribution in [2.24, 2.45) is 0 Å². The molecule has 0 aromatic carbocycles. The number of nitrogens with zero attached hydrogens (tertiary/aromatic N) is 3. The van der Waals surface area contributed by atoms with Crippen molar-refractivity contribution < 1.29 is 4.79 Å². The Morgan fingerprint density at radius 2 is 1.90 bits per heavy atom. The summed E-state index contributed by atoms with van der Waals surface area (Å²) in [5.74, 6) is 0.264. The maximum Gasteiger partial charge on any atom is 0.236 e. The highest BCUT2D eigenvalue weighted by molar-refractivity contribution is 5.78. The van der Waals surface area contributed by atoms with E-state index in [2.05, 4.69) is 29.2 Å². The van der Waals surface area contributed by atoms with Gasteiger partial charge in [-0.1, -0.05) is 0 Å². The minimum Gasteiger partial charge on any atom is -0.343 e. The number of rotatable bonds is 5. The molecule has 2 rings (SSSR count). The number of amides is 1. The fraction of sp³-hybridized carbons (Fsp3) is 0.933. The van der Waals surface area contributed by atoms with Crippen molar-refractivity contribution in [3.63, 3.8) is 0 Å². The fourth-order valence-corrected chi connectivity index (χ4v) is 3.23. The number of nitrogens with one attached hydrogen (secondary N) is 1. The molecule has 1 aliphatic heterocycles. The Kier molecular flexibility index (Phi) is 5.41. The second-order valence-corrected chi connectivity index (χ2v) is 6.60. The summed E-state index contributed by atoms with van der Waals surface area (Å²) in [6.07, 6.45) is 4.85. The smallest absolute Gasteiger partial charge is 0.236 e. The molecule has 1 amide bonds. The number of carbonyl (C=O) groups is 1. The molecule has 0 radical (unpaired) electrons. The van der Waals surface area contributed by atoms with Gasteiger partial charge in [-0.15, -0.1) is 0 Å². The van der Waals surface area contributed by atoms with E-state index in [-0.39, 0.29) is 11.4 Å². The zero-order chi connectivity index (χ0) is 14.6. The minimum atomic E-state index is 0.227. The van der Waals surface area contributed by atoms with Crippen LogP contribution in [0.1, 0.15) is 25.7 Å². The van der Waals surface area contributed by atoms with Crippen LogP contribution in [-0.4, -0.2) is 86.6 Å². The third kappa shape index (κ3) is 3.71. The van der Waals surface area contributed by atoms with Crippen LogP contribution in [0.5, 0.6) is 0 Å². The Bertz CT molecular complexity index is 320. The second kappa shape index (κ2) is 6.87. The highest BCUT2D eigenvalue weighted by atomic mass is 16.2. The van der Waals surface area contributed by atoms with E-state index < -0.39 is 0 Å². The Labute approximate surface area is 123 Å². The van der Waals surface area contributed by atoms with Crippen molar-refractivity contribution in [3.8, 4) is 0 Å². The molecule has 1 N–H and O–H groups in total. The summed E-state index contributed by atoms with van der Waals surface area (Å²) in [7, 11) is 6.23. The van der Waals surface area contributed by atoms with Crippen molar-refractivity contribution in [1.82, 2.24) is 20.0 Å². The molecule has 0 atom stereocenters. The summed E-state index contributed by atoms with van der Waals surface area (Å²) in [5.41, 5.74) is 0.227. The van der Waals surface area contributed by atoms with E-state index in [9.17, 15) is 4.79 Å². The first-order valence-electron chi connectivity index (χ1n) is 7.88. The SMILES string of the molecule is CN(CC1(N(C)C)CCC1)C(=O)CN1CCCNCC1. The van der Waals surface area contributed by atoms with Crippen molar-refractivity contribution in [2.75, 3.05) is 60.4 Å². The van der Waals surface area contributed by atoms with Crippen LogP contribution in [0.15, 0.2) is 0 Å². The van der Waals surface area contributed by atoms with Crippen LogP contribution in [0.3, 0.4) is 0 Å². The Morgan fingerprint density at radius 3 is 2.50 bits per heavy atom. The monoisotopic (exact) mass is 282 g/mol. The highest BCUT2D eigenvalue weighted by Gasteiger charge is 2.40. The van der Waals surface area contributed by atoms with E-state index in [0.29, 0.717) is 6.54 Å². The normalized spacial score (nSPS) is 23.2. The third-order valence-electron chi connectivity index (χ3n) is 4.98. The highest BCUT2D eigenvalue weighted by Crippen LogP contribution is 2.36. The summed E-state index contributed by atoms with van der Waals surface area (Å²) in [6, 6.07) is 0. The molecule has 5 nitrogen and oxygen atoms in total. The molecular formula is C15H30N4O. The lowest BCUT2D eigenvalue weighted by atomic mass is 9.75. The Hall–Kier alpha value is -0.650. The van der Waals surface area contributed by atoms with Crippen LogP contribution in [0.4, 0.5) is 0 Å². The van der Waals surface area contributed by atoms with Gasteiger partial charge in [0.15, 0.2) is 0 Å². The number of hydrogen-bond acceptors (Lipinski definition) is 4. The maximum atomic E-state index is 12.4. The summed E-state index contributed by atoms with van der Waals surface area (Å²) in [5, 5.41) is 3.38. The molecule has 1 saturated heterocycles. The molecule has 1 aliphatic carbocycles. The summed E-state index contributed by atoms with van der Waals surface area (Å²) in [6.45, 7) is 5.53. The first kappa shape index (κ1) is 15.7. The summed E-state index contributed by atoms with van der Waals surface area (Å²) in [4.78, 5) is 18.9. The molecule has 2 aliphatic rings. The predicted molar refractivity (Wildman–Crippen MR) is 81.8 cm³/mol. The van der Waals surface area contributed by atoms with Gasteiger partial charge >= 0.3 is 0 Å². The van der Waals surface area contributed by atoms with Gasteiger partial charge in [-0.25, -0.2) is 0 Å². The van der Waals surface area contributed by atoms with Crippen LogP contribution in [0, 0.1) is 0 Å². The lowest BCUT2D eigenvalue weighted by molar-refractivity contribution is -0.133. The Morgan fingerprint density at radius 1 is 1.15 bits per heavy atom. The van der Waals surface area contributed by atoms with Gasteiger partial charge in [-0.05, 0) is 52.9 Å². The van der Waals surface area contributed by atoms with Gasteiger partial charge < -0.3 is 15.1 Å². The average molecular weight is 282 g/mol. The molecule has 0 unspecified atom stereocenters. The van der Waals surface area contributed by atoms with Crippen molar-refractivity contribution in [1.29, 1.82) is 0 Å². The van der Waals surface area contributed by atoms with Crippen LogP contribution < -0.4 is 5.32 Å². The lowest BCUT2D eigenvalue weighted by Crippen LogP contribution is -2.58. The van der Waals surface area contributed by atoms with E-state index in [4.69, 9.17) is 0 Å². The quantitative estimate of drug-likeness (QED) is 0.783. The van der Waals surface area contributed by atoms with E-state index in [1.165, 1.54) is 19.3 Å². The van der Waals surface area contributed by atoms with Gasteiger partial charge in [0.2, 0.25) is 5.91 Å². The molecule has 5 heteroatoms. The molecule has 0 spiro atoms. The van der Waals surface area contributed by atoms with Crippen LogP contribution in [0.2, 0.25) is 0 Å². The number of hydrogen-bond donors (Lipinski definition) is 1. The van der Waals surface area contributed by atoms with Gasteiger partial charge in [0, 0.05) is 32.2 Å². The molecule has 0 aromatic rings. The average Bonchev–Trinajstić information content (AvgIpc) is 2.61. The van der Waals surface area contributed by atoms with Gasteiger partial charge in [-0.2, -0.15) is 0 Å². The van der Waals surface area contributed by atoms with Crippen molar-refractivity contribution >= 4 is 5.91 Å². The van der Waals surface area contributed by atoms with Crippen LogP contribution in [-0.2, 0) is 4.79 Å². The predicted octanol–water partition coefficient (Wildman–Crippen LogP) is 0.224. The van der Waals surface area contributed by atoms with Crippen LogP contribution in [0.25, 0.3) is 0 Å². The van der Waals surface area contributed by atoms with Gasteiger partial charge in [-0.3, -0.25) is 9.69 Å². The zero-order valence-electron chi connectivity index (χ0n) is 13.3. The molecule has 20 heavy (non-hydrogen) atoms. The minimum absolute atomic E-state index is 0.227. The van der Waals surface area contributed by atoms with E-state index >= 15 is 0 Å². The van der Waals surface area contributed by atoms with Gasteiger partial charge in [0.05, 0.1) is 6.54 Å². The van der Waals surface area contributed by atoms with Crippen molar-refractivity contribution in [3.05, 3.63) is 0 Å². The summed E-state index contributed by atoms with van der Waals surface area (Å²) < 4.78 is 0. The first-order valence-corrected chi connectivity index (χ1v) is 7.88. The topological polar surface area (TPSA) is 38.8 Å². The largest absolute Gasteiger partial charge is 0.343 e. The first-order chi connectivity index (χ1) is 9.53. The van der Waals surface area contributed by atoms with E-state index in [0.717, 1.165) is 39.1 Å². The van der Waals surface area contributed by atoms with E-state index in [1.54, 1.807) is 0 Å². The van der Waals surface area contributed by atoms with Crippen molar-refractivity contribution in [2.45, 2.75) is 31.2 Å². The van der Waals surface area contributed by atoms with E-state index in [1.807, 2.05) is 11.9 Å². The van der Waals surface area contributed by atoms with Gasteiger partial charge in [0.25, 0.3) is 0 Å². The molecule has 2 fully saturated rings. The summed E-state index contributed by atoms with van der Waals surface area (Å²) >= 11 is 0. The number of carbonyl (C=O) groups excluding carboxylic acids is 1. The number of likely N-dealkylation sites (N-methyl/N-ethyl adjacent to an activating group) is 2. The molecule has 116 valence electrons. The standard InChI is InChI=1S/C15H30N4O/c1-17(2)15(6-4-7-15)13-18(3)14(20)12-19-10-5-8-16-9-11-19/h16H,4-13H2,1-3H3. The lowest BCUT2D eigenvalue weighted by Gasteiger charge is -2.49. The molecule has 1 saturated carbocycles. The molecule has 0 bridgehead atoms. The zero-order valence-corrected chi connectivity index (χ0v) is 13.3. The molecular weight excluding hydrogens is 252 g/mol. The maximum absolute atomic E-state index is 12.4. The van der Waals surface area contributed by atoms with Crippen LogP contribution >= 0.6 is 0 Å². The van der Waals surface area contributed by atoms with Gasteiger partial charge in [0.1, 0.15) is 0 Å². The third-order valence-corrected chi connectivity index (χ3v) is 4.98. The molecule has 0 aromatic heterocycles. The molecule has 1 heterocycles. The second-order valence-electron chi connectivity index (χ2n) is 6.60. The fourth-order valence-electron chi connectivity index (χ4n) is 3.23.